The number of hydrogen-bond donors (Lipinski definition) is 2. The van der Waals surface area contributed by atoms with Crippen molar-refractivity contribution in [2.24, 2.45) is 4.99 Å². The first-order valence-electron chi connectivity index (χ1n) is 5.44. The molecular weight excluding hydrogens is 204 g/mol. The Morgan fingerprint density at radius 3 is 3.06 bits per heavy atom. The van der Waals surface area contributed by atoms with Gasteiger partial charge in [0.05, 0.1) is 19.3 Å². The van der Waals surface area contributed by atoms with Crippen LogP contribution in [-0.4, -0.2) is 63.8 Å². The van der Waals surface area contributed by atoms with Crippen molar-refractivity contribution in [1.82, 2.24) is 15.5 Å². The monoisotopic (exact) mass is 224 g/mol. The summed E-state index contributed by atoms with van der Waals surface area (Å²) >= 11 is 0. The zero-order valence-corrected chi connectivity index (χ0v) is 9.99. The molecule has 1 aliphatic heterocycles. The van der Waals surface area contributed by atoms with Gasteiger partial charge in [0, 0.05) is 26.7 Å². The Bertz CT molecular complexity index is 272. The molecule has 90 valence electrons. The molecule has 0 amide bonds. The minimum absolute atomic E-state index is 0.211. The summed E-state index contributed by atoms with van der Waals surface area (Å²) in [6.07, 6.45) is 5.37. The van der Waals surface area contributed by atoms with E-state index in [1.165, 1.54) is 0 Å². The molecule has 0 aromatic carbocycles. The predicted octanol–water partition coefficient (Wildman–Crippen LogP) is -0.885. The van der Waals surface area contributed by atoms with E-state index in [4.69, 9.17) is 11.2 Å². The highest BCUT2D eigenvalue weighted by Gasteiger charge is 2.17. The standard InChI is InChI=1S/C11H20N4O/c1-4-5-13-11(12-2)14-8-10-9-15(3)6-7-16-10/h1,10H,5-9H2,2-3H3,(H2,12,13,14). The normalized spacial score (nSPS) is 22.6. The highest BCUT2D eigenvalue weighted by atomic mass is 16.5. The summed E-state index contributed by atoms with van der Waals surface area (Å²) < 4.78 is 5.62. The molecule has 1 heterocycles. The van der Waals surface area contributed by atoms with Crippen molar-refractivity contribution in [3.63, 3.8) is 0 Å². The molecule has 0 aromatic heterocycles. The summed E-state index contributed by atoms with van der Waals surface area (Å²) in [6, 6.07) is 0. The third kappa shape index (κ3) is 4.51. The van der Waals surface area contributed by atoms with Gasteiger partial charge >= 0.3 is 0 Å². The van der Waals surface area contributed by atoms with Crippen LogP contribution in [0.4, 0.5) is 0 Å². The second-order valence-corrected chi connectivity index (χ2v) is 3.77. The highest BCUT2D eigenvalue weighted by Crippen LogP contribution is 2.01. The van der Waals surface area contributed by atoms with Gasteiger partial charge in [-0.25, -0.2) is 0 Å². The van der Waals surface area contributed by atoms with Gasteiger partial charge < -0.3 is 20.3 Å². The second-order valence-electron chi connectivity index (χ2n) is 3.77. The van der Waals surface area contributed by atoms with Crippen molar-refractivity contribution in [2.45, 2.75) is 6.10 Å². The number of guanidine groups is 1. The molecule has 1 saturated heterocycles. The number of hydrogen-bond acceptors (Lipinski definition) is 3. The van der Waals surface area contributed by atoms with E-state index in [1.54, 1.807) is 7.05 Å². The van der Waals surface area contributed by atoms with Gasteiger partial charge in [-0.05, 0) is 7.05 Å². The maximum absolute atomic E-state index is 5.62. The summed E-state index contributed by atoms with van der Waals surface area (Å²) in [5.74, 6) is 3.22. The number of ether oxygens (including phenoxy) is 1. The fraction of sp³-hybridized carbons (Fsp3) is 0.727. The first-order valence-corrected chi connectivity index (χ1v) is 5.44. The van der Waals surface area contributed by atoms with Crippen LogP contribution in [0.2, 0.25) is 0 Å². The third-order valence-corrected chi connectivity index (χ3v) is 2.42. The van der Waals surface area contributed by atoms with Gasteiger partial charge in [0.25, 0.3) is 0 Å². The van der Waals surface area contributed by atoms with E-state index in [9.17, 15) is 0 Å². The third-order valence-electron chi connectivity index (χ3n) is 2.42. The predicted molar refractivity (Wildman–Crippen MR) is 65.4 cm³/mol. The van der Waals surface area contributed by atoms with Crippen molar-refractivity contribution in [3.05, 3.63) is 0 Å². The molecular formula is C11H20N4O. The van der Waals surface area contributed by atoms with Crippen LogP contribution in [0.1, 0.15) is 0 Å². The lowest BCUT2D eigenvalue weighted by Gasteiger charge is -2.30. The first kappa shape index (κ1) is 12.8. The number of rotatable bonds is 3. The zero-order chi connectivity index (χ0) is 11.8. The van der Waals surface area contributed by atoms with Crippen LogP contribution in [-0.2, 0) is 4.74 Å². The van der Waals surface area contributed by atoms with Gasteiger partial charge in [0.15, 0.2) is 5.96 Å². The molecule has 1 aliphatic rings. The molecule has 1 unspecified atom stereocenters. The molecule has 5 heteroatoms. The van der Waals surface area contributed by atoms with Crippen molar-refractivity contribution >= 4 is 5.96 Å². The number of terminal acetylenes is 1. The quantitative estimate of drug-likeness (QED) is 0.371. The molecule has 0 saturated carbocycles. The molecule has 2 N–H and O–H groups in total. The largest absolute Gasteiger partial charge is 0.374 e. The van der Waals surface area contributed by atoms with Crippen molar-refractivity contribution in [2.75, 3.05) is 46.9 Å². The summed E-state index contributed by atoms with van der Waals surface area (Å²) in [7, 11) is 3.82. The molecule has 1 rings (SSSR count). The van der Waals surface area contributed by atoms with E-state index >= 15 is 0 Å². The van der Waals surface area contributed by atoms with Crippen LogP contribution in [0.3, 0.4) is 0 Å². The number of aliphatic imine (C=N–C) groups is 1. The lowest BCUT2D eigenvalue weighted by atomic mass is 10.3. The lowest BCUT2D eigenvalue weighted by molar-refractivity contribution is -0.0161. The fourth-order valence-corrected chi connectivity index (χ4v) is 1.56. The summed E-state index contributed by atoms with van der Waals surface area (Å²) in [4.78, 5) is 6.32. The number of likely N-dealkylation sites (N-methyl/N-ethyl adjacent to an activating group) is 1. The Kier molecular flexibility index (Phi) is 5.68. The van der Waals surface area contributed by atoms with E-state index in [0.29, 0.717) is 6.54 Å². The Morgan fingerprint density at radius 2 is 2.44 bits per heavy atom. The summed E-state index contributed by atoms with van der Waals surface area (Å²) in [6.45, 7) is 3.96. The van der Waals surface area contributed by atoms with E-state index in [1.807, 2.05) is 0 Å². The summed E-state index contributed by atoms with van der Waals surface area (Å²) in [5.41, 5.74) is 0. The van der Waals surface area contributed by atoms with Crippen LogP contribution in [0.5, 0.6) is 0 Å². The van der Waals surface area contributed by atoms with Gasteiger partial charge in [-0.15, -0.1) is 6.42 Å². The Balaban J connectivity index is 2.24. The Morgan fingerprint density at radius 1 is 1.62 bits per heavy atom. The first-order chi connectivity index (χ1) is 7.76. The molecule has 0 aliphatic carbocycles. The van der Waals surface area contributed by atoms with Gasteiger partial charge in [0.1, 0.15) is 0 Å². The summed E-state index contributed by atoms with van der Waals surface area (Å²) in [5, 5.41) is 6.19. The molecule has 0 spiro atoms. The van der Waals surface area contributed by atoms with E-state index < -0.39 is 0 Å². The van der Waals surface area contributed by atoms with E-state index in [0.717, 1.165) is 32.2 Å². The Labute approximate surface area is 97.3 Å². The number of nitrogens with one attached hydrogen (secondary N) is 2. The van der Waals surface area contributed by atoms with Gasteiger partial charge in [-0.2, -0.15) is 0 Å². The minimum Gasteiger partial charge on any atom is -0.374 e. The van der Waals surface area contributed by atoms with Crippen LogP contribution in [0, 0.1) is 12.3 Å². The molecule has 1 fully saturated rings. The van der Waals surface area contributed by atoms with Crippen LogP contribution >= 0.6 is 0 Å². The van der Waals surface area contributed by atoms with E-state index in [-0.39, 0.29) is 6.10 Å². The van der Waals surface area contributed by atoms with Crippen LogP contribution in [0.15, 0.2) is 4.99 Å². The van der Waals surface area contributed by atoms with Crippen LogP contribution < -0.4 is 10.6 Å². The van der Waals surface area contributed by atoms with Crippen molar-refractivity contribution in [1.29, 1.82) is 0 Å². The zero-order valence-electron chi connectivity index (χ0n) is 9.99. The van der Waals surface area contributed by atoms with E-state index in [2.05, 4.69) is 33.5 Å². The minimum atomic E-state index is 0.211. The number of nitrogens with zero attached hydrogens (tertiary/aromatic N) is 2. The topological polar surface area (TPSA) is 48.9 Å². The smallest absolute Gasteiger partial charge is 0.191 e. The van der Waals surface area contributed by atoms with Crippen molar-refractivity contribution < 1.29 is 4.74 Å². The maximum atomic E-state index is 5.62. The molecule has 0 bridgehead atoms. The number of morpholine rings is 1. The molecule has 0 radical (unpaired) electrons. The lowest BCUT2D eigenvalue weighted by Crippen LogP contribution is -2.48. The van der Waals surface area contributed by atoms with Gasteiger partial charge in [-0.1, -0.05) is 5.92 Å². The maximum Gasteiger partial charge on any atom is 0.191 e. The average molecular weight is 224 g/mol. The molecule has 1 atom stereocenters. The molecule has 5 nitrogen and oxygen atoms in total. The molecule has 0 aromatic rings. The van der Waals surface area contributed by atoms with Gasteiger partial charge in [-0.3, -0.25) is 4.99 Å². The fourth-order valence-electron chi connectivity index (χ4n) is 1.56. The second kappa shape index (κ2) is 7.09. The Hall–Kier alpha value is -1.25. The average Bonchev–Trinajstić information content (AvgIpc) is 2.29. The van der Waals surface area contributed by atoms with Gasteiger partial charge in [0.2, 0.25) is 0 Å². The SMILES string of the molecule is C#CCNC(=NC)NCC1CN(C)CCO1. The highest BCUT2D eigenvalue weighted by molar-refractivity contribution is 5.79. The van der Waals surface area contributed by atoms with Crippen molar-refractivity contribution in [3.8, 4) is 12.3 Å². The molecule has 16 heavy (non-hydrogen) atoms. The van der Waals surface area contributed by atoms with Crippen LogP contribution in [0.25, 0.3) is 0 Å².